The van der Waals surface area contributed by atoms with Crippen molar-refractivity contribution in [3.05, 3.63) is 0 Å². The van der Waals surface area contributed by atoms with E-state index in [1.165, 1.54) is 13.8 Å². The van der Waals surface area contributed by atoms with Gasteiger partial charge in [-0.2, -0.15) is 0 Å². The van der Waals surface area contributed by atoms with Crippen LogP contribution in [0.2, 0.25) is 0 Å². The van der Waals surface area contributed by atoms with Crippen LogP contribution in [0.4, 0.5) is 0 Å². The molecule has 2 saturated heterocycles. The van der Waals surface area contributed by atoms with Crippen molar-refractivity contribution in [3.8, 4) is 0 Å². The summed E-state index contributed by atoms with van der Waals surface area (Å²) in [5, 5.41) is 125. The number of nitrogens with one attached hydrogen (secondary N) is 3. The van der Waals surface area contributed by atoms with Crippen LogP contribution in [-0.4, -0.2) is 195 Å². The Morgan fingerprint density at radius 2 is 1.48 bits per heavy atom. The van der Waals surface area contributed by atoms with Crippen molar-refractivity contribution in [2.75, 3.05) is 12.4 Å². The molecule has 0 aromatic carbocycles. The molecule has 324 valence electrons. The Labute approximate surface area is 328 Å². The summed E-state index contributed by atoms with van der Waals surface area (Å²) < 4.78 is 17.3. The van der Waals surface area contributed by atoms with E-state index in [9.17, 15) is 70.6 Å². The van der Waals surface area contributed by atoms with Gasteiger partial charge in [-0.05, 0) is 32.1 Å². The number of aliphatic hydroxyl groups excluding tert-OH is 11. The molecule has 20 nitrogen and oxygen atoms in total. The molecule has 2 saturated carbocycles. The Morgan fingerprint density at radius 3 is 2.05 bits per heavy atom. The van der Waals surface area contributed by atoms with Crippen LogP contribution >= 0.6 is 11.8 Å². The number of amides is 3. The first-order valence-corrected chi connectivity index (χ1v) is 20.2. The van der Waals surface area contributed by atoms with Gasteiger partial charge >= 0.3 is 0 Å². The molecule has 0 aromatic rings. The zero-order valence-corrected chi connectivity index (χ0v) is 32.7. The number of hydrogen-bond acceptors (Lipinski definition) is 18. The first kappa shape index (κ1) is 46.9. The lowest BCUT2D eigenvalue weighted by Crippen LogP contribution is -2.69. The number of aliphatic hydroxyl groups is 11. The van der Waals surface area contributed by atoms with Crippen LogP contribution in [0.15, 0.2) is 0 Å². The minimum absolute atomic E-state index is 0.320. The van der Waals surface area contributed by atoms with Crippen molar-refractivity contribution in [1.82, 2.24) is 16.0 Å². The summed E-state index contributed by atoms with van der Waals surface area (Å²) in [5.74, 6) is -3.36. The van der Waals surface area contributed by atoms with Crippen molar-refractivity contribution in [1.29, 1.82) is 0 Å². The van der Waals surface area contributed by atoms with Crippen molar-refractivity contribution in [3.63, 3.8) is 0 Å². The minimum Gasteiger partial charge on any atom is -0.394 e. The van der Waals surface area contributed by atoms with E-state index in [2.05, 4.69) is 22.9 Å². The molecule has 4 aliphatic rings. The quantitative estimate of drug-likeness (QED) is 0.0732. The molecule has 14 N–H and O–H groups in total. The normalized spacial score (nSPS) is 43.3. The highest BCUT2D eigenvalue weighted by atomic mass is 32.2. The summed E-state index contributed by atoms with van der Waals surface area (Å²) in [6.45, 7) is 5.07. The van der Waals surface area contributed by atoms with Gasteiger partial charge in [0.2, 0.25) is 17.7 Å². The Balaban J connectivity index is 1.49. The third-order valence-corrected chi connectivity index (χ3v) is 12.7. The fourth-order valence-electron chi connectivity index (χ4n) is 8.02. The predicted molar refractivity (Wildman–Crippen MR) is 194 cm³/mol. The van der Waals surface area contributed by atoms with Gasteiger partial charge in [0.05, 0.1) is 31.0 Å². The lowest BCUT2D eigenvalue weighted by molar-refractivity contribution is -0.315. The van der Waals surface area contributed by atoms with Crippen LogP contribution in [0.1, 0.15) is 59.8 Å². The van der Waals surface area contributed by atoms with E-state index >= 15 is 0 Å². The van der Waals surface area contributed by atoms with E-state index in [4.69, 9.17) is 14.2 Å². The zero-order chi connectivity index (χ0) is 41.8. The lowest BCUT2D eigenvalue weighted by atomic mass is 9.79. The predicted octanol–water partition coefficient (Wildman–Crippen LogP) is -5.48. The average molecular weight is 828 g/mol. The maximum atomic E-state index is 13.8. The summed E-state index contributed by atoms with van der Waals surface area (Å²) in [4.78, 5) is 39.3. The highest BCUT2D eigenvalue weighted by molar-refractivity contribution is 7.99. The van der Waals surface area contributed by atoms with Crippen molar-refractivity contribution >= 4 is 29.5 Å². The summed E-state index contributed by atoms with van der Waals surface area (Å²) in [6.07, 6.45) is -19.3. The number of carbonyl (C=O) groups is 3. The molecule has 4 rings (SSSR count). The topological polar surface area (TPSA) is 338 Å². The second-order valence-electron chi connectivity index (χ2n) is 15.6. The Bertz CT molecular complexity index is 1290. The van der Waals surface area contributed by atoms with Gasteiger partial charge in [-0.3, -0.25) is 14.4 Å². The molecule has 2 aliphatic heterocycles. The molecule has 4 fully saturated rings. The van der Waals surface area contributed by atoms with E-state index in [-0.39, 0.29) is 17.6 Å². The summed E-state index contributed by atoms with van der Waals surface area (Å²) in [7, 11) is 0. The van der Waals surface area contributed by atoms with Gasteiger partial charge in [-0.25, -0.2) is 0 Å². The zero-order valence-electron chi connectivity index (χ0n) is 31.9. The molecule has 56 heavy (non-hydrogen) atoms. The second-order valence-corrected chi connectivity index (χ2v) is 16.8. The number of thioether (sulfide) groups is 1. The van der Waals surface area contributed by atoms with Crippen molar-refractivity contribution < 1.29 is 84.8 Å². The van der Waals surface area contributed by atoms with E-state index in [0.717, 1.165) is 37.9 Å². The molecular weight excluding hydrogens is 766 g/mol. The van der Waals surface area contributed by atoms with Crippen LogP contribution < -0.4 is 16.0 Å². The largest absolute Gasteiger partial charge is 0.394 e. The Hall–Kier alpha value is -1.80. The van der Waals surface area contributed by atoms with Gasteiger partial charge in [0.1, 0.15) is 78.6 Å². The Morgan fingerprint density at radius 1 is 0.839 bits per heavy atom. The van der Waals surface area contributed by atoms with Crippen LogP contribution in [-0.2, 0) is 28.6 Å². The first-order valence-electron chi connectivity index (χ1n) is 19.2. The molecule has 0 aromatic heterocycles. The van der Waals surface area contributed by atoms with E-state index in [1.54, 1.807) is 0 Å². The second kappa shape index (κ2) is 20.4. The molecule has 21 heteroatoms. The van der Waals surface area contributed by atoms with Gasteiger partial charge in [0.25, 0.3) is 0 Å². The number of carbonyl (C=O) groups excluding carboxylic acids is 3. The molecule has 11 unspecified atom stereocenters. The number of rotatable bonds is 15. The van der Waals surface area contributed by atoms with Crippen LogP contribution in [0, 0.1) is 17.8 Å². The fourth-order valence-corrected chi connectivity index (χ4v) is 9.20. The minimum atomic E-state index is -1.91. The van der Waals surface area contributed by atoms with E-state index in [1.807, 2.05) is 0 Å². The molecule has 0 bridgehead atoms. The van der Waals surface area contributed by atoms with Gasteiger partial charge in [-0.1, -0.05) is 26.7 Å². The first-order chi connectivity index (χ1) is 26.3. The summed E-state index contributed by atoms with van der Waals surface area (Å²) in [5.41, 5.74) is -1.39. The van der Waals surface area contributed by atoms with Gasteiger partial charge in [0.15, 0.2) is 6.29 Å². The molecular formula is C35H61N3O17S. The molecule has 21 atom stereocenters. The monoisotopic (exact) mass is 827 g/mol. The smallest absolute Gasteiger partial charge is 0.243 e. The van der Waals surface area contributed by atoms with Gasteiger partial charge in [-0.15, -0.1) is 11.8 Å². The van der Waals surface area contributed by atoms with Crippen LogP contribution in [0.25, 0.3) is 0 Å². The van der Waals surface area contributed by atoms with Crippen molar-refractivity contribution in [2.45, 2.75) is 169 Å². The third-order valence-electron chi connectivity index (χ3n) is 11.5. The molecule has 0 radical (unpaired) electrons. The molecule has 0 spiro atoms. The third kappa shape index (κ3) is 10.7. The van der Waals surface area contributed by atoms with Gasteiger partial charge < -0.3 is 86.3 Å². The number of hydrogen-bond donors (Lipinski definition) is 14. The summed E-state index contributed by atoms with van der Waals surface area (Å²) >= 11 is 0.728. The standard InChI is InChI=1S/C35H61N3O17S/c1-5-6-15-7-8-16(9-15)32(51)37-19(13(3)40)30-28(49)25(46)29(50)35(55-30)56-11-17(36-14(4)41)33(52)38-20-24(45)23(44)18(10-39)53-34(20)54-31-26(47)21(42)12(2)22(43)27(31)48/h12-13,15-31,34-35,39-40,42-50H,5-11H2,1-4H3,(H,36,41)(H,37,51)(H,38,52)/t12?,13-,15?,16+,17?,18?,19-,20?,21?,22?,23-,24-,25+,26-,27?,28-,29?,30?,31?,34-,35-/m1/s1. The van der Waals surface area contributed by atoms with Crippen LogP contribution in [0.3, 0.4) is 0 Å². The highest BCUT2D eigenvalue weighted by Gasteiger charge is 2.53. The lowest BCUT2D eigenvalue weighted by Gasteiger charge is -2.47. The van der Waals surface area contributed by atoms with Crippen LogP contribution in [0.5, 0.6) is 0 Å². The summed E-state index contributed by atoms with van der Waals surface area (Å²) in [6, 6.07) is -4.41. The highest BCUT2D eigenvalue weighted by Crippen LogP contribution is 2.36. The van der Waals surface area contributed by atoms with E-state index < -0.39 is 134 Å². The molecule has 2 heterocycles. The Kier molecular flexibility index (Phi) is 17.1. The van der Waals surface area contributed by atoms with Gasteiger partial charge in [0, 0.05) is 24.5 Å². The fraction of sp³-hybridized carbons (Fsp3) is 0.914. The maximum Gasteiger partial charge on any atom is 0.243 e. The number of ether oxygens (including phenoxy) is 3. The average Bonchev–Trinajstić information content (AvgIpc) is 3.63. The molecule has 2 aliphatic carbocycles. The molecule has 3 amide bonds. The SMILES string of the molecule is CCCC1CC[C@H](C(=O)N[C@@H](C2O[C@H](SCC(NC(C)=O)C(=O)NC3[C@@H](OC4C(O)C(O)C(C)C(O)[C@H]4O)OC(CO)[C@@H](O)[C@@H]3O)C(O)[C@@H](O)[C@H]2O)[C@@H](C)O)C1. The van der Waals surface area contributed by atoms with Crippen molar-refractivity contribution in [2.24, 2.45) is 17.8 Å². The maximum absolute atomic E-state index is 13.8. The van der Waals surface area contributed by atoms with E-state index in [0.29, 0.717) is 18.8 Å².